The number of hydrogen-bond donors (Lipinski definition) is 1. The van der Waals surface area contributed by atoms with Crippen molar-refractivity contribution in [3.8, 4) is 0 Å². The second kappa shape index (κ2) is 6.35. The largest absolute Gasteiger partial charge is 0.375 e. The van der Waals surface area contributed by atoms with Gasteiger partial charge >= 0.3 is 0 Å². The van der Waals surface area contributed by atoms with Gasteiger partial charge in [-0.25, -0.2) is 4.39 Å². The quantitative estimate of drug-likeness (QED) is 0.856. The molecule has 0 bridgehead atoms. The molecular weight excluding hydrogens is 333 g/mol. The molecule has 1 aromatic rings. The smallest absolute Gasteiger partial charge is 0.124 e. The van der Waals surface area contributed by atoms with Crippen molar-refractivity contribution in [2.75, 3.05) is 13.7 Å². The van der Waals surface area contributed by atoms with Crippen molar-refractivity contribution in [2.45, 2.75) is 50.2 Å². The van der Waals surface area contributed by atoms with E-state index in [1.807, 2.05) is 13.1 Å². The molecule has 116 valence electrons. The molecule has 1 aromatic carbocycles. The highest BCUT2D eigenvalue weighted by Crippen LogP contribution is 2.45. The van der Waals surface area contributed by atoms with E-state index >= 15 is 0 Å². The van der Waals surface area contributed by atoms with E-state index in [-0.39, 0.29) is 17.5 Å². The molecule has 2 nitrogen and oxygen atoms in total. The minimum atomic E-state index is -0.178. The van der Waals surface area contributed by atoms with E-state index in [4.69, 9.17) is 4.74 Å². The number of hydrogen-bond acceptors (Lipinski definition) is 2. The average Bonchev–Trinajstić information content (AvgIpc) is 2.86. The number of benzene rings is 1. The van der Waals surface area contributed by atoms with Gasteiger partial charge in [-0.15, -0.1) is 0 Å². The Morgan fingerprint density at radius 2 is 2.10 bits per heavy atom. The van der Waals surface area contributed by atoms with Crippen LogP contribution in [0.1, 0.15) is 50.1 Å². The SMILES string of the molecule is CNC(c1cc(F)cc(Br)c1)C1CCOC2(CCCC2)C1. The zero-order valence-corrected chi connectivity index (χ0v) is 14.1. The summed E-state index contributed by atoms with van der Waals surface area (Å²) < 4.78 is 20.6. The van der Waals surface area contributed by atoms with Crippen molar-refractivity contribution < 1.29 is 9.13 Å². The van der Waals surface area contributed by atoms with Crippen molar-refractivity contribution in [1.29, 1.82) is 0 Å². The van der Waals surface area contributed by atoms with Crippen LogP contribution in [0.25, 0.3) is 0 Å². The lowest BCUT2D eigenvalue weighted by molar-refractivity contribution is -0.0979. The van der Waals surface area contributed by atoms with Crippen molar-refractivity contribution in [3.63, 3.8) is 0 Å². The van der Waals surface area contributed by atoms with Gasteiger partial charge < -0.3 is 10.1 Å². The minimum absolute atomic E-state index is 0.0998. The zero-order chi connectivity index (χ0) is 14.9. The van der Waals surface area contributed by atoms with Crippen LogP contribution in [0, 0.1) is 11.7 Å². The van der Waals surface area contributed by atoms with Gasteiger partial charge in [0.1, 0.15) is 5.82 Å². The van der Waals surface area contributed by atoms with Crippen molar-refractivity contribution in [1.82, 2.24) is 5.32 Å². The Bertz CT molecular complexity index is 481. The highest BCUT2D eigenvalue weighted by atomic mass is 79.9. The van der Waals surface area contributed by atoms with Crippen LogP contribution >= 0.6 is 15.9 Å². The Hall–Kier alpha value is -0.450. The summed E-state index contributed by atoms with van der Waals surface area (Å²) >= 11 is 3.40. The summed E-state index contributed by atoms with van der Waals surface area (Å²) in [5.74, 6) is 0.331. The van der Waals surface area contributed by atoms with Crippen LogP contribution < -0.4 is 5.32 Å². The predicted octanol–water partition coefficient (Wildman–Crippen LogP) is 4.59. The van der Waals surface area contributed by atoms with Crippen LogP contribution in [0.5, 0.6) is 0 Å². The molecule has 2 fully saturated rings. The number of rotatable bonds is 3. The summed E-state index contributed by atoms with van der Waals surface area (Å²) in [5.41, 5.74) is 1.13. The highest BCUT2D eigenvalue weighted by molar-refractivity contribution is 9.10. The lowest BCUT2D eigenvalue weighted by Gasteiger charge is -2.41. The maximum Gasteiger partial charge on any atom is 0.124 e. The molecule has 1 aliphatic heterocycles. The molecule has 1 aliphatic carbocycles. The monoisotopic (exact) mass is 355 g/mol. The Morgan fingerprint density at radius 1 is 1.33 bits per heavy atom. The Kier molecular flexibility index (Phi) is 4.67. The van der Waals surface area contributed by atoms with Crippen molar-refractivity contribution >= 4 is 15.9 Å². The van der Waals surface area contributed by atoms with Crippen LogP contribution in [-0.2, 0) is 4.74 Å². The van der Waals surface area contributed by atoms with E-state index in [0.717, 1.165) is 29.5 Å². The fourth-order valence-electron chi connectivity index (χ4n) is 4.15. The standard InChI is InChI=1S/C17H23BrFNO/c1-20-16(13-8-14(18)10-15(19)9-13)12-4-7-21-17(11-12)5-2-3-6-17/h8-10,12,16,20H,2-7,11H2,1H3. The molecule has 3 rings (SSSR count). The van der Waals surface area contributed by atoms with E-state index in [9.17, 15) is 4.39 Å². The van der Waals surface area contributed by atoms with E-state index in [1.54, 1.807) is 6.07 Å². The van der Waals surface area contributed by atoms with Crippen LogP contribution in [0.15, 0.2) is 22.7 Å². The molecule has 1 saturated heterocycles. The Labute approximate surface area is 134 Å². The summed E-state index contributed by atoms with van der Waals surface area (Å²) in [6.07, 6.45) is 7.07. The highest BCUT2D eigenvalue weighted by Gasteiger charge is 2.42. The normalized spacial score (nSPS) is 26.1. The van der Waals surface area contributed by atoms with E-state index < -0.39 is 0 Å². The van der Waals surface area contributed by atoms with Gasteiger partial charge in [-0.3, -0.25) is 0 Å². The summed E-state index contributed by atoms with van der Waals surface area (Å²) in [6.45, 7) is 0.833. The number of halogens is 2. The van der Waals surface area contributed by atoms with Gasteiger partial charge in [-0.05, 0) is 62.4 Å². The van der Waals surface area contributed by atoms with Gasteiger partial charge in [-0.2, -0.15) is 0 Å². The van der Waals surface area contributed by atoms with Crippen LogP contribution in [0.3, 0.4) is 0 Å². The molecule has 1 N–H and O–H groups in total. The number of ether oxygens (including phenoxy) is 1. The Balaban J connectivity index is 1.82. The first-order valence-electron chi connectivity index (χ1n) is 7.89. The van der Waals surface area contributed by atoms with Gasteiger partial charge in [0.2, 0.25) is 0 Å². The summed E-state index contributed by atoms with van der Waals surface area (Å²) in [6, 6.07) is 5.39. The fourth-order valence-corrected chi connectivity index (χ4v) is 4.63. The molecule has 2 atom stereocenters. The average molecular weight is 356 g/mol. The van der Waals surface area contributed by atoms with Crippen LogP contribution in [0.4, 0.5) is 4.39 Å². The molecule has 4 heteroatoms. The molecule has 1 heterocycles. The molecule has 2 aliphatic rings. The number of nitrogens with one attached hydrogen (secondary N) is 1. The lowest BCUT2D eigenvalue weighted by atomic mass is 9.78. The maximum atomic E-state index is 13.7. The molecule has 0 aromatic heterocycles. The third kappa shape index (κ3) is 3.33. The van der Waals surface area contributed by atoms with Crippen molar-refractivity contribution in [2.24, 2.45) is 5.92 Å². The topological polar surface area (TPSA) is 21.3 Å². The summed E-state index contributed by atoms with van der Waals surface area (Å²) in [7, 11) is 1.97. The van der Waals surface area contributed by atoms with Gasteiger partial charge in [-0.1, -0.05) is 28.8 Å². The fraction of sp³-hybridized carbons (Fsp3) is 0.647. The molecule has 1 saturated carbocycles. The van der Waals surface area contributed by atoms with Gasteiger partial charge in [0.05, 0.1) is 5.60 Å². The molecule has 1 spiro atoms. The van der Waals surface area contributed by atoms with Gasteiger partial charge in [0.15, 0.2) is 0 Å². The first kappa shape index (κ1) is 15.4. The molecule has 2 unspecified atom stereocenters. The lowest BCUT2D eigenvalue weighted by Crippen LogP contribution is -2.41. The zero-order valence-electron chi connectivity index (χ0n) is 12.5. The van der Waals surface area contributed by atoms with Gasteiger partial charge in [0.25, 0.3) is 0 Å². The second-order valence-electron chi connectivity index (χ2n) is 6.46. The molecule has 0 radical (unpaired) electrons. The van der Waals surface area contributed by atoms with E-state index in [2.05, 4.69) is 21.2 Å². The molecular formula is C17H23BrFNO. The van der Waals surface area contributed by atoms with Crippen LogP contribution in [-0.4, -0.2) is 19.3 Å². The second-order valence-corrected chi connectivity index (χ2v) is 7.38. The third-order valence-corrected chi connectivity index (χ3v) is 5.53. The van der Waals surface area contributed by atoms with Crippen LogP contribution in [0.2, 0.25) is 0 Å². The first-order chi connectivity index (χ1) is 10.1. The van der Waals surface area contributed by atoms with Crippen molar-refractivity contribution in [3.05, 3.63) is 34.1 Å². The molecule has 21 heavy (non-hydrogen) atoms. The summed E-state index contributed by atoms with van der Waals surface area (Å²) in [4.78, 5) is 0. The Morgan fingerprint density at radius 3 is 2.76 bits per heavy atom. The van der Waals surface area contributed by atoms with E-state index in [1.165, 1.54) is 31.7 Å². The molecule has 0 amide bonds. The third-order valence-electron chi connectivity index (χ3n) is 5.07. The summed E-state index contributed by atoms with van der Waals surface area (Å²) in [5, 5.41) is 3.41. The van der Waals surface area contributed by atoms with Gasteiger partial charge in [0, 0.05) is 17.1 Å². The van der Waals surface area contributed by atoms with E-state index in [0.29, 0.717) is 5.92 Å². The minimum Gasteiger partial charge on any atom is -0.375 e. The predicted molar refractivity (Wildman–Crippen MR) is 85.8 cm³/mol. The maximum absolute atomic E-state index is 13.7. The first-order valence-corrected chi connectivity index (χ1v) is 8.68.